The van der Waals surface area contributed by atoms with Gasteiger partial charge in [-0.05, 0) is 57.1 Å². The number of hydrogen-bond acceptors (Lipinski definition) is 5. The fraction of sp³-hybridized carbons (Fsp3) is 0.385. The van der Waals surface area contributed by atoms with Gasteiger partial charge in [-0.2, -0.15) is 5.10 Å². The molecule has 3 aromatic heterocycles. The van der Waals surface area contributed by atoms with E-state index in [4.69, 9.17) is 4.74 Å². The maximum Gasteiger partial charge on any atom is 0.272 e. The van der Waals surface area contributed by atoms with Crippen molar-refractivity contribution in [3.05, 3.63) is 70.5 Å². The molecule has 3 heterocycles. The van der Waals surface area contributed by atoms with Gasteiger partial charge in [0.1, 0.15) is 17.1 Å². The molecule has 4 aromatic rings. The molecule has 2 N–H and O–H groups in total. The number of aromatic amines is 1. The summed E-state index contributed by atoms with van der Waals surface area (Å²) in [7, 11) is 0. The third kappa shape index (κ3) is 3.45. The molecule has 2 saturated carbocycles. The van der Waals surface area contributed by atoms with E-state index in [2.05, 4.69) is 20.5 Å². The van der Waals surface area contributed by atoms with Crippen LogP contribution in [0.25, 0.3) is 16.4 Å². The van der Waals surface area contributed by atoms with Crippen LogP contribution in [-0.4, -0.2) is 37.6 Å². The Morgan fingerprint density at radius 3 is 2.71 bits per heavy atom. The van der Waals surface area contributed by atoms with Crippen LogP contribution in [0.15, 0.2) is 53.6 Å². The summed E-state index contributed by atoms with van der Waals surface area (Å²) in [5.41, 5.74) is 2.33. The SMILES string of the molecule is CC(C)Oc1ccn2c(C(=O)N[C@H]3CC4(C3)C[C@H](c3n[nH]c(=O)c5ccccc53)C4)cnc2c1. The average molecular weight is 458 g/mol. The van der Waals surface area contributed by atoms with Crippen LogP contribution >= 0.6 is 0 Å². The molecular formula is C26H27N5O3. The summed E-state index contributed by atoms with van der Waals surface area (Å²) in [6.07, 6.45) is 7.54. The number of imidazole rings is 1. The molecule has 2 aliphatic rings. The first-order chi connectivity index (χ1) is 16.4. The van der Waals surface area contributed by atoms with Gasteiger partial charge in [0.05, 0.1) is 23.4 Å². The van der Waals surface area contributed by atoms with Gasteiger partial charge in [-0.15, -0.1) is 0 Å². The minimum Gasteiger partial charge on any atom is -0.491 e. The van der Waals surface area contributed by atoms with E-state index < -0.39 is 0 Å². The summed E-state index contributed by atoms with van der Waals surface area (Å²) >= 11 is 0. The molecule has 0 atom stereocenters. The van der Waals surface area contributed by atoms with E-state index >= 15 is 0 Å². The van der Waals surface area contributed by atoms with Crippen LogP contribution in [0.5, 0.6) is 5.75 Å². The number of benzene rings is 1. The fourth-order valence-corrected chi connectivity index (χ4v) is 5.78. The second kappa shape index (κ2) is 7.68. The summed E-state index contributed by atoms with van der Waals surface area (Å²) in [4.78, 5) is 29.4. The van der Waals surface area contributed by atoms with Crippen LogP contribution < -0.4 is 15.6 Å². The van der Waals surface area contributed by atoms with Crippen LogP contribution in [0.3, 0.4) is 0 Å². The lowest BCUT2D eigenvalue weighted by molar-refractivity contribution is -0.0197. The van der Waals surface area contributed by atoms with Crippen molar-refractivity contribution in [2.75, 3.05) is 0 Å². The Labute approximate surface area is 196 Å². The van der Waals surface area contributed by atoms with Crippen molar-refractivity contribution in [3.8, 4) is 5.75 Å². The molecule has 1 amide bonds. The first-order valence-electron chi connectivity index (χ1n) is 11.8. The number of carbonyl (C=O) groups excluding carboxylic acids is 1. The topological polar surface area (TPSA) is 101 Å². The van der Waals surface area contributed by atoms with Gasteiger partial charge in [-0.1, -0.05) is 18.2 Å². The third-order valence-corrected chi connectivity index (χ3v) is 7.25. The number of nitrogens with one attached hydrogen (secondary N) is 2. The van der Waals surface area contributed by atoms with Crippen LogP contribution in [-0.2, 0) is 0 Å². The van der Waals surface area contributed by atoms with E-state index in [0.717, 1.165) is 42.5 Å². The van der Waals surface area contributed by atoms with E-state index in [1.165, 1.54) is 0 Å². The maximum atomic E-state index is 12.9. The predicted octanol–water partition coefficient (Wildman–Crippen LogP) is 3.81. The van der Waals surface area contributed by atoms with Crippen molar-refractivity contribution in [1.82, 2.24) is 24.9 Å². The molecule has 6 rings (SSSR count). The standard InChI is InChI=1S/C26H27N5O3/c1-15(2)34-18-7-8-31-21(14-27-22(31)9-18)25(33)28-17-12-26(13-17)10-16(11-26)23-19-5-3-4-6-20(19)24(32)30-29-23/h3-9,14-17H,10-13H2,1-2H3,(H,28,33)(H,30,32)/t16-,17-,26?. The van der Waals surface area contributed by atoms with Crippen LogP contribution in [0.2, 0.25) is 0 Å². The molecule has 174 valence electrons. The molecule has 0 radical (unpaired) electrons. The van der Waals surface area contributed by atoms with Crippen molar-refractivity contribution in [2.45, 2.75) is 57.6 Å². The molecular weight excluding hydrogens is 430 g/mol. The van der Waals surface area contributed by atoms with E-state index in [9.17, 15) is 9.59 Å². The molecule has 0 aliphatic heterocycles. The highest BCUT2D eigenvalue weighted by Gasteiger charge is 2.54. The molecule has 0 unspecified atom stereocenters. The smallest absolute Gasteiger partial charge is 0.272 e. The first kappa shape index (κ1) is 20.9. The van der Waals surface area contributed by atoms with Gasteiger partial charge < -0.3 is 10.1 Å². The van der Waals surface area contributed by atoms with Gasteiger partial charge >= 0.3 is 0 Å². The second-order valence-electron chi connectivity index (χ2n) is 10.1. The second-order valence-corrected chi connectivity index (χ2v) is 10.1. The molecule has 2 fully saturated rings. The highest BCUT2D eigenvalue weighted by atomic mass is 16.5. The molecule has 1 aromatic carbocycles. The van der Waals surface area contributed by atoms with Gasteiger partial charge in [0.25, 0.3) is 11.5 Å². The number of carbonyl (C=O) groups is 1. The highest BCUT2D eigenvalue weighted by Crippen LogP contribution is 2.62. The van der Waals surface area contributed by atoms with Crippen molar-refractivity contribution in [2.24, 2.45) is 5.41 Å². The summed E-state index contributed by atoms with van der Waals surface area (Å²) in [6.45, 7) is 3.95. The number of H-pyrrole nitrogens is 1. The van der Waals surface area contributed by atoms with Crippen molar-refractivity contribution < 1.29 is 9.53 Å². The van der Waals surface area contributed by atoms with Gasteiger partial charge in [-0.25, -0.2) is 10.1 Å². The molecule has 8 nitrogen and oxygen atoms in total. The molecule has 34 heavy (non-hydrogen) atoms. The number of hydrogen-bond donors (Lipinski definition) is 2. The minimum atomic E-state index is -0.143. The number of pyridine rings is 1. The Bertz CT molecular complexity index is 1460. The molecule has 1 spiro atoms. The Morgan fingerprint density at radius 1 is 1.18 bits per heavy atom. The Morgan fingerprint density at radius 2 is 1.94 bits per heavy atom. The lowest BCUT2D eigenvalue weighted by Gasteiger charge is -2.57. The molecule has 0 bridgehead atoms. The Balaban J connectivity index is 1.09. The van der Waals surface area contributed by atoms with Crippen LogP contribution in [0.1, 0.15) is 61.6 Å². The number of nitrogens with zero attached hydrogens (tertiary/aromatic N) is 3. The number of aromatic nitrogens is 4. The van der Waals surface area contributed by atoms with Crippen molar-refractivity contribution >= 4 is 22.3 Å². The fourth-order valence-electron chi connectivity index (χ4n) is 5.78. The largest absolute Gasteiger partial charge is 0.491 e. The zero-order valence-corrected chi connectivity index (χ0v) is 19.2. The van der Waals surface area contributed by atoms with Gasteiger partial charge in [0.2, 0.25) is 0 Å². The van der Waals surface area contributed by atoms with E-state index in [-0.39, 0.29) is 29.0 Å². The summed E-state index contributed by atoms with van der Waals surface area (Å²) in [5, 5.41) is 11.9. The maximum absolute atomic E-state index is 12.9. The number of rotatable bonds is 5. The Kier molecular flexibility index (Phi) is 4.72. The molecule has 0 saturated heterocycles. The van der Waals surface area contributed by atoms with Crippen LogP contribution in [0.4, 0.5) is 0 Å². The third-order valence-electron chi connectivity index (χ3n) is 7.25. The summed E-state index contributed by atoms with van der Waals surface area (Å²) in [5.74, 6) is 0.985. The molecule has 8 heteroatoms. The first-order valence-corrected chi connectivity index (χ1v) is 11.8. The van der Waals surface area contributed by atoms with Gasteiger partial charge in [0, 0.05) is 29.6 Å². The van der Waals surface area contributed by atoms with E-state index in [1.54, 1.807) is 10.6 Å². The monoisotopic (exact) mass is 457 g/mol. The number of ether oxygens (including phenoxy) is 1. The van der Waals surface area contributed by atoms with E-state index in [1.807, 2.05) is 56.4 Å². The summed E-state index contributed by atoms with van der Waals surface area (Å²) < 4.78 is 7.51. The van der Waals surface area contributed by atoms with Gasteiger partial charge in [-0.3, -0.25) is 14.0 Å². The average Bonchev–Trinajstić information content (AvgIpc) is 3.18. The van der Waals surface area contributed by atoms with Gasteiger partial charge in [0.15, 0.2) is 0 Å². The van der Waals surface area contributed by atoms with Crippen LogP contribution in [0, 0.1) is 5.41 Å². The van der Waals surface area contributed by atoms with Crippen molar-refractivity contribution in [1.29, 1.82) is 0 Å². The summed E-state index contributed by atoms with van der Waals surface area (Å²) in [6, 6.07) is 11.5. The quantitative estimate of drug-likeness (QED) is 0.475. The lowest BCUT2D eigenvalue weighted by Crippen LogP contribution is -2.55. The number of amides is 1. The normalized spacial score (nSPS) is 23.7. The highest BCUT2D eigenvalue weighted by molar-refractivity contribution is 5.93. The number of fused-ring (bicyclic) bond motifs is 2. The zero-order chi connectivity index (χ0) is 23.4. The minimum absolute atomic E-state index is 0.0795. The Hall–Kier alpha value is -3.68. The lowest BCUT2D eigenvalue weighted by atomic mass is 9.49. The predicted molar refractivity (Wildman–Crippen MR) is 128 cm³/mol. The van der Waals surface area contributed by atoms with Crippen molar-refractivity contribution in [3.63, 3.8) is 0 Å². The molecule has 2 aliphatic carbocycles. The van der Waals surface area contributed by atoms with E-state index in [0.29, 0.717) is 22.6 Å². The zero-order valence-electron chi connectivity index (χ0n) is 19.2.